The third kappa shape index (κ3) is 4.61. The van der Waals surface area contributed by atoms with Crippen LogP contribution in [0.2, 0.25) is 0 Å². The van der Waals surface area contributed by atoms with Crippen LogP contribution in [0.15, 0.2) is 41.0 Å². The summed E-state index contributed by atoms with van der Waals surface area (Å²) in [7, 11) is 0. The summed E-state index contributed by atoms with van der Waals surface area (Å²) in [6.07, 6.45) is 3.59. The molecule has 4 heteroatoms. The zero-order valence-corrected chi connectivity index (χ0v) is 14.0. The van der Waals surface area contributed by atoms with Gasteiger partial charge in [0.25, 0.3) is 0 Å². The van der Waals surface area contributed by atoms with Crippen LogP contribution in [-0.4, -0.2) is 11.5 Å². The van der Waals surface area contributed by atoms with E-state index in [9.17, 15) is 4.39 Å². The number of pyridine rings is 1. The molecule has 1 aromatic carbocycles. The Balaban J connectivity index is 2.27. The number of hydrogen-bond acceptors (Lipinski definition) is 2. The molecule has 0 bridgehead atoms. The lowest BCUT2D eigenvalue weighted by Crippen LogP contribution is -2.25. The largest absolute Gasteiger partial charge is 0.310 e. The Morgan fingerprint density at radius 2 is 2.14 bits per heavy atom. The molecule has 2 aromatic rings. The van der Waals surface area contributed by atoms with Crippen molar-refractivity contribution in [3.8, 4) is 0 Å². The predicted molar refractivity (Wildman–Crippen MR) is 87.8 cm³/mol. The number of rotatable bonds is 6. The molecule has 0 aliphatic heterocycles. The highest BCUT2D eigenvalue weighted by atomic mass is 79.9. The first-order valence-electron chi connectivity index (χ1n) is 7.20. The van der Waals surface area contributed by atoms with Crippen LogP contribution in [0.5, 0.6) is 0 Å². The van der Waals surface area contributed by atoms with Gasteiger partial charge in [-0.2, -0.15) is 0 Å². The van der Waals surface area contributed by atoms with Gasteiger partial charge in [-0.25, -0.2) is 4.39 Å². The Morgan fingerprint density at radius 1 is 1.33 bits per heavy atom. The predicted octanol–water partition coefficient (Wildman–Crippen LogP) is 4.58. The standard InChI is InChI=1S/C17H20BrFN2/c1-3-6-20-17(11-16-12(2)5-4-7-21-16)13-8-14(18)10-15(19)9-13/h4-5,7-10,17,20H,3,6,11H2,1-2H3. The van der Waals surface area contributed by atoms with E-state index in [1.54, 1.807) is 12.3 Å². The lowest BCUT2D eigenvalue weighted by Gasteiger charge is -2.20. The zero-order valence-electron chi connectivity index (χ0n) is 12.4. The Labute approximate surface area is 133 Å². The van der Waals surface area contributed by atoms with Crippen molar-refractivity contribution in [2.45, 2.75) is 32.7 Å². The normalized spacial score (nSPS) is 12.4. The first-order chi connectivity index (χ1) is 10.1. The lowest BCUT2D eigenvalue weighted by atomic mass is 9.99. The molecule has 112 valence electrons. The molecule has 1 unspecified atom stereocenters. The van der Waals surface area contributed by atoms with Crippen LogP contribution in [0.1, 0.15) is 36.2 Å². The summed E-state index contributed by atoms with van der Waals surface area (Å²) in [5.74, 6) is -0.222. The van der Waals surface area contributed by atoms with Crippen LogP contribution >= 0.6 is 15.9 Å². The maximum absolute atomic E-state index is 13.7. The van der Waals surface area contributed by atoms with Gasteiger partial charge < -0.3 is 5.32 Å². The molecule has 1 N–H and O–H groups in total. The monoisotopic (exact) mass is 350 g/mol. The molecule has 0 fully saturated rings. The van der Waals surface area contributed by atoms with Crippen molar-refractivity contribution in [3.05, 3.63) is 63.6 Å². The fraction of sp³-hybridized carbons (Fsp3) is 0.353. The smallest absolute Gasteiger partial charge is 0.124 e. The van der Waals surface area contributed by atoms with Crippen LogP contribution in [0.4, 0.5) is 4.39 Å². The highest BCUT2D eigenvalue weighted by Gasteiger charge is 2.15. The second-order valence-corrected chi connectivity index (χ2v) is 6.10. The first-order valence-corrected chi connectivity index (χ1v) is 7.99. The van der Waals surface area contributed by atoms with E-state index in [0.29, 0.717) is 0 Å². The van der Waals surface area contributed by atoms with Crippen LogP contribution < -0.4 is 5.32 Å². The van der Waals surface area contributed by atoms with Crippen LogP contribution in [0.25, 0.3) is 0 Å². The fourth-order valence-corrected chi connectivity index (χ4v) is 2.81. The Hall–Kier alpha value is -1.26. The lowest BCUT2D eigenvalue weighted by molar-refractivity contribution is 0.518. The third-order valence-corrected chi connectivity index (χ3v) is 3.90. The molecule has 2 rings (SSSR count). The number of aryl methyl sites for hydroxylation is 1. The Bertz CT molecular complexity index is 581. The van der Waals surface area contributed by atoms with Crippen LogP contribution in [0, 0.1) is 12.7 Å². The van der Waals surface area contributed by atoms with Gasteiger partial charge in [0.1, 0.15) is 5.82 Å². The fourth-order valence-electron chi connectivity index (χ4n) is 2.33. The summed E-state index contributed by atoms with van der Waals surface area (Å²) in [6, 6.07) is 9.09. The van der Waals surface area contributed by atoms with Crippen LogP contribution in [0.3, 0.4) is 0 Å². The molecule has 1 aromatic heterocycles. The molecular formula is C17H20BrFN2. The van der Waals surface area contributed by atoms with E-state index in [1.165, 1.54) is 6.07 Å². The van der Waals surface area contributed by atoms with Gasteiger partial charge in [0.05, 0.1) is 0 Å². The second-order valence-electron chi connectivity index (χ2n) is 5.18. The van der Waals surface area contributed by atoms with Gasteiger partial charge in [0, 0.05) is 28.8 Å². The average molecular weight is 351 g/mol. The van der Waals surface area contributed by atoms with E-state index in [4.69, 9.17) is 0 Å². The molecule has 21 heavy (non-hydrogen) atoms. The maximum Gasteiger partial charge on any atom is 0.124 e. The van der Waals surface area contributed by atoms with Crippen molar-refractivity contribution in [1.82, 2.24) is 10.3 Å². The van der Waals surface area contributed by atoms with Crippen molar-refractivity contribution in [1.29, 1.82) is 0 Å². The number of halogens is 2. The molecule has 0 saturated heterocycles. The van der Waals surface area contributed by atoms with Crippen molar-refractivity contribution < 1.29 is 4.39 Å². The average Bonchev–Trinajstić information content (AvgIpc) is 2.44. The highest BCUT2D eigenvalue weighted by Crippen LogP contribution is 2.24. The number of benzene rings is 1. The number of aromatic nitrogens is 1. The quantitative estimate of drug-likeness (QED) is 0.824. The van der Waals surface area contributed by atoms with Gasteiger partial charge in [-0.15, -0.1) is 0 Å². The zero-order chi connectivity index (χ0) is 15.2. The minimum atomic E-state index is -0.222. The van der Waals surface area contributed by atoms with Crippen molar-refractivity contribution >= 4 is 15.9 Å². The molecule has 0 aliphatic carbocycles. The maximum atomic E-state index is 13.7. The topological polar surface area (TPSA) is 24.9 Å². The van der Waals surface area contributed by atoms with E-state index < -0.39 is 0 Å². The molecule has 0 spiro atoms. The van der Waals surface area contributed by atoms with Crippen molar-refractivity contribution in [2.24, 2.45) is 0 Å². The Kier molecular flexibility index (Phi) is 5.88. The van der Waals surface area contributed by atoms with E-state index in [1.807, 2.05) is 12.1 Å². The van der Waals surface area contributed by atoms with E-state index in [-0.39, 0.29) is 11.9 Å². The molecule has 0 aliphatic rings. The molecule has 1 heterocycles. The van der Waals surface area contributed by atoms with Gasteiger partial charge >= 0.3 is 0 Å². The van der Waals surface area contributed by atoms with E-state index >= 15 is 0 Å². The molecular weight excluding hydrogens is 331 g/mol. The SMILES string of the molecule is CCCNC(Cc1ncccc1C)c1cc(F)cc(Br)c1. The minimum Gasteiger partial charge on any atom is -0.310 e. The third-order valence-electron chi connectivity index (χ3n) is 3.44. The summed E-state index contributed by atoms with van der Waals surface area (Å²) >= 11 is 3.37. The Morgan fingerprint density at radius 3 is 2.81 bits per heavy atom. The van der Waals surface area contributed by atoms with Crippen LogP contribution in [-0.2, 0) is 6.42 Å². The number of nitrogens with zero attached hydrogens (tertiary/aromatic N) is 1. The van der Waals surface area contributed by atoms with Gasteiger partial charge in [-0.1, -0.05) is 28.9 Å². The van der Waals surface area contributed by atoms with E-state index in [2.05, 4.69) is 46.1 Å². The van der Waals surface area contributed by atoms with Gasteiger partial charge in [0.15, 0.2) is 0 Å². The molecule has 1 atom stereocenters. The van der Waals surface area contributed by atoms with Gasteiger partial charge in [-0.3, -0.25) is 4.98 Å². The summed E-state index contributed by atoms with van der Waals surface area (Å²) in [6.45, 7) is 5.07. The van der Waals surface area contributed by atoms with Gasteiger partial charge in [0.2, 0.25) is 0 Å². The molecule has 0 radical (unpaired) electrons. The second kappa shape index (κ2) is 7.66. The number of hydrogen-bond donors (Lipinski definition) is 1. The summed E-state index contributed by atoms with van der Waals surface area (Å²) in [5.41, 5.74) is 3.16. The van der Waals surface area contributed by atoms with Crippen molar-refractivity contribution in [2.75, 3.05) is 6.54 Å². The summed E-state index contributed by atoms with van der Waals surface area (Å²) in [4.78, 5) is 4.45. The van der Waals surface area contributed by atoms with Gasteiger partial charge in [-0.05, 0) is 55.3 Å². The molecule has 0 saturated carbocycles. The number of nitrogens with one attached hydrogen (secondary N) is 1. The first kappa shape index (κ1) is 16.1. The highest BCUT2D eigenvalue weighted by molar-refractivity contribution is 9.10. The van der Waals surface area contributed by atoms with Crippen molar-refractivity contribution in [3.63, 3.8) is 0 Å². The molecule has 0 amide bonds. The molecule has 2 nitrogen and oxygen atoms in total. The summed E-state index contributed by atoms with van der Waals surface area (Å²) in [5, 5.41) is 3.49. The minimum absolute atomic E-state index is 0.0607. The summed E-state index contributed by atoms with van der Waals surface area (Å²) < 4.78 is 14.4. The van der Waals surface area contributed by atoms with E-state index in [0.717, 1.165) is 40.7 Å².